The summed E-state index contributed by atoms with van der Waals surface area (Å²) >= 11 is 1.16. The minimum atomic E-state index is -4.42. The van der Waals surface area contributed by atoms with E-state index < -0.39 is 23.1 Å². The fraction of sp³-hybridized carbons (Fsp3) is 0.368. The molecule has 0 spiro atoms. The molecule has 1 saturated carbocycles. The van der Waals surface area contributed by atoms with Gasteiger partial charge in [-0.15, -0.1) is 11.3 Å². The van der Waals surface area contributed by atoms with Gasteiger partial charge in [0, 0.05) is 5.41 Å². The summed E-state index contributed by atoms with van der Waals surface area (Å²) in [5, 5.41) is 13.7. The van der Waals surface area contributed by atoms with Crippen molar-refractivity contribution in [1.29, 1.82) is 0 Å². The summed E-state index contributed by atoms with van der Waals surface area (Å²) in [5.74, 6) is -0.410. The van der Waals surface area contributed by atoms with Crippen LogP contribution in [-0.4, -0.2) is 23.3 Å². The molecule has 1 heterocycles. The number of benzene rings is 1. The monoisotopic (exact) mass is 412 g/mol. The van der Waals surface area contributed by atoms with Crippen LogP contribution in [0.3, 0.4) is 0 Å². The number of carbonyl (C=O) groups is 1. The van der Waals surface area contributed by atoms with Gasteiger partial charge >= 0.3 is 6.18 Å². The minimum Gasteiger partial charge on any atom is -0.395 e. The number of nitrogens with two attached hydrogens (primary N) is 1. The summed E-state index contributed by atoms with van der Waals surface area (Å²) in [4.78, 5) is 18.1. The Morgan fingerprint density at radius 1 is 1.32 bits per heavy atom. The summed E-state index contributed by atoms with van der Waals surface area (Å²) in [5.41, 5.74) is 5.45. The lowest BCUT2D eigenvalue weighted by molar-refractivity contribution is -0.137. The second-order valence-electron chi connectivity index (χ2n) is 6.80. The number of amides is 1. The van der Waals surface area contributed by atoms with Gasteiger partial charge < -0.3 is 15.7 Å². The molecule has 0 unspecified atom stereocenters. The molecule has 3 rings (SSSR count). The third kappa shape index (κ3) is 3.90. The molecule has 0 radical (unpaired) electrons. The number of rotatable bonds is 6. The maximum atomic E-state index is 12.6. The molecule has 0 aliphatic heterocycles. The number of hydrogen-bond acceptors (Lipinski definition) is 5. The predicted molar refractivity (Wildman–Crippen MR) is 99.7 cm³/mol. The van der Waals surface area contributed by atoms with Gasteiger partial charge in [-0.05, 0) is 55.7 Å². The maximum Gasteiger partial charge on any atom is 0.416 e. The van der Waals surface area contributed by atoms with Crippen LogP contribution in [0.2, 0.25) is 0 Å². The quantitative estimate of drug-likeness (QED) is 0.554. The minimum absolute atomic E-state index is 0.0678. The van der Waals surface area contributed by atoms with Crippen LogP contribution in [-0.2, 0) is 11.6 Å². The molecule has 1 fully saturated rings. The van der Waals surface area contributed by atoms with Gasteiger partial charge in [-0.1, -0.05) is 11.6 Å². The summed E-state index contributed by atoms with van der Waals surface area (Å²) in [6.07, 6.45) is -1.90. The maximum absolute atomic E-state index is 12.6. The van der Waals surface area contributed by atoms with E-state index in [4.69, 9.17) is 10.6 Å². The average molecular weight is 412 g/mol. The van der Waals surface area contributed by atoms with Crippen LogP contribution < -0.4 is 10.6 Å². The Labute approximate surface area is 163 Å². The van der Waals surface area contributed by atoms with Gasteiger partial charge in [0.1, 0.15) is 0 Å². The Kier molecular flexibility index (Phi) is 5.49. The van der Waals surface area contributed by atoms with Gasteiger partial charge in [0.25, 0.3) is 5.91 Å². The number of aliphatic hydroxyl groups excluding tert-OH is 1. The molecule has 1 aromatic heterocycles. The SMILES string of the molecule is CC(=NOc1ccc(C(F)(F)F)cc1)c1cc(C2(CO)CCC2)c(C(N)=O)s1. The van der Waals surface area contributed by atoms with Gasteiger partial charge in [-0.3, -0.25) is 4.79 Å². The van der Waals surface area contributed by atoms with Crippen molar-refractivity contribution < 1.29 is 27.9 Å². The Morgan fingerprint density at radius 2 is 1.96 bits per heavy atom. The first-order valence-corrected chi connectivity index (χ1v) is 9.42. The van der Waals surface area contributed by atoms with E-state index in [0.29, 0.717) is 15.5 Å². The molecular weight excluding hydrogens is 393 g/mol. The zero-order chi connectivity index (χ0) is 20.5. The van der Waals surface area contributed by atoms with Gasteiger partial charge in [-0.2, -0.15) is 13.2 Å². The van der Waals surface area contributed by atoms with Crippen molar-refractivity contribution in [3.8, 4) is 5.75 Å². The van der Waals surface area contributed by atoms with Crippen molar-refractivity contribution in [2.45, 2.75) is 37.8 Å². The standard InChI is InChI=1S/C19H19F3N2O3S/c1-11(24-27-13-5-3-12(4-6-13)19(20,21)22)15-9-14(16(28-15)17(23)26)18(10-25)7-2-8-18/h3-6,9,25H,2,7-8,10H2,1H3,(H2,23,26). The Hall–Kier alpha value is -2.39. The smallest absolute Gasteiger partial charge is 0.395 e. The van der Waals surface area contributed by atoms with Gasteiger partial charge in [0.15, 0.2) is 5.75 Å². The van der Waals surface area contributed by atoms with E-state index in [-0.39, 0.29) is 12.4 Å². The van der Waals surface area contributed by atoms with Crippen molar-refractivity contribution in [3.63, 3.8) is 0 Å². The van der Waals surface area contributed by atoms with Crippen LogP contribution in [0.15, 0.2) is 35.5 Å². The van der Waals surface area contributed by atoms with Crippen molar-refractivity contribution in [2.24, 2.45) is 10.9 Å². The van der Waals surface area contributed by atoms with Crippen LogP contribution in [0.5, 0.6) is 5.75 Å². The third-order valence-electron chi connectivity index (χ3n) is 4.97. The normalized spacial score (nSPS) is 16.5. The van der Waals surface area contributed by atoms with Crippen molar-refractivity contribution in [2.75, 3.05) is 6.61 Å². The van der Waals surface area contributed by atoms with Gasteiger partial charge in [0.2, 0.25) is 0 Å². The van der Waals surface area contributed by atoms with E-state index in [9.17, 15) is 23.1 Å². The number of oxime groups is 1. The number of alkyl halides is 3. The van der Waals surface area contributed by atoms with Crippen molar-refractivity contribution in [1.82, 2.24) is 0 Å². The Morgan fingerprint density at radius 3 is 2.43 bits per heavy atom. The second kappa shape index (κ2) is 7.56. The highest BCUT2D eigenvalue weighted by Gasteiger charge is 2.41. The molecule has 2 aromatic rings. The fourth-order valence-corrected chi connectivity index (χ4v) is 4.20. The molecule has 1 amide bonds. The molecule has 0 saturated heterocycles. The van der Waals surface area contributed by atoms with Crippen LogP contribution in [0.1, 0.15) is 51.9 Å². The molecule has 0 bridgehead atoms. The molecule has 0 atom stereocenters. The largest absolute Gasteiger partial charge is 0.416 e. The Balaban J connectivity index is 1.82. The van der Waals surface area contributed by atoms with Gasteiger partial charge in [0.05, 0.1) is 27.6 Å². The molecule has 1 aliphatic carbocycles. The van der Waals surface area contributed by atoms with E-state index in [1.165, 1.54) is 12.1 Å². The number of aliphatic hydroxyl groups is 1. The van der Waals surface area contributed by atoms with Gasteiger partial charge in [-0.25, -0.2) is 0 Å². The lowest BCUT2D eigenvalue weighted by atomic mass is 9.65. The number of nitrogens with zero attached hydrogens (tertiary/aromatic N) is 1. The lowest BCUT2D eigenvalue weighted by Gasteiger charge is -2.40. The topological polar surface area (TPSA) is 84.9 Å². The zero-order valence-electron chi connectivity index (χ0n) is 15.0. The molecule has 3 N–H and O–H groups in total. The average Bonchev–Trinajstić information content (AvgIpc) is 3.05. The second-order valence-corrected chi connectivity index (χ2v) is 7.85. The molecular formula is C19H19F3N2O3S. The molecule has 9 heteroatoms. The molecule has 5 nitrogen and oxygen atoms in total. The number of hydrogen-bond donors (Lipinski definition) is 2. The summed E-state index contributed by atoms with van der Waals surface area (Å²) < 4.78 is 37.8. The zero-order valence-corrected chi connectivity index (χ0v) is 15.9. The van der Waals surface area contributed by atoms with Crippen molar-refractivity contribution in [3.05, 3.63) is 51.2 Å². The van der Waals surface area contributed by atoms with E-state index in [1.807, 2.05) is 0 Å². The molecule has 1 aromatic carbocycles. The number of halogens is 3. The number of carbonyl (C=O) groups excluding carboxylic acids is 1. The first-order valence-electron chi connectivity index (χ1n) is 8.60. The lowest BCUT2D eigenvalue weighted by Crippen LogP contribution is -2.39. The molecule has 28 heavy (non-hydrogen) atoms. The number of primary amides is 1. The highest BCUT2D eigenvalue weighted by atomic mass is 32.1. The van der Waals surface area contributed by atoms with Crippen molar-refractivity contribution >= 4 is 23.0 Å². The summed E-state index contributed by atoms with van der Waals surface area (Å²) in [7, 11) is 0. The van der Waals surface area contributed by atoms with Crippen LogP contribution in [0.25, 0.3) is 0 Å². The van der Waals surface area contributed by atoms with E-state index >= 15 is 0 Å². The number of thiophene rings is 1. The summed E-state index contributed by atoms with van der Waals surface area (Å²) in [6, 6.07) is 5.98. The van der Waals surface area contributed by atoms with E-state index in [1.54, 1.807) is 13.0 Å². The predicted octanol–water partition coefficient (Wildman–Crippen LogP) is 4.08. The van der Waals surface area contributed by atoms with E-state index in [2.05, 4.69) is 5.16 Å². The third-order valence-corrected chi connectivity index (χ3v) is 6.23. The van der Waals surface area contributed by atoms with Crippen LogP contribution >= 0.6 is 11.3 Å². The highest BCUT2D eigenvalue weighted by Crippen LogP contribution is 2.46. The Bertz CT molecular complexity index is 895. The highest BCUT2D eigenvalue weighted by molar-refractivity contribution is 7.16. The molecule has 150 valence electrons. The fourth-order valence-electron chi connectivity index (χ4n) is 3.13. The first-order chi connectivity index (χ1) is 13.2. The molecule has 1 aliphatic rings. The van der Waals surface area contributed by atoms with Crippen LogP contribution in [0.4, 0.5) is 13.2 Å². The van der Waals surface area contributed by atoms with Crippen LogP contribution in [0, 0.1) is 0 Å². The van der Waals surface area contributed by atoms with E-state index in [0.717, 1.165) is 48.3 Å². The summed E-state index contributed by atoms with van der Waals surface area (Å²) in [6.45, 7) is 1.60. The first kappa shape index (κ1) is 20.3.